The van der Waals surface area contributed by atoms with Gasteiger partial charge in [-0.3, -0.25) is 9.59 Å². The van der Waals surface area contributed by atoms with E-state index in [2.05, 4.69) is 20.7 Å². The van der Waals surface area contributed by atoms with Gasteiger partial charge in [0.15, 0.2) is 5.82 Å². The third-order valence-corrected chi connectivity index (χ3v) is 4.70. The van der Waals surface area contributed by atoms with Gasteiger partial charge >= 0.3 is 0 Å². The molecule has 2 heterocycles. The summed E-state index contributed by atoms with van der Waals surface area (Å²) < 4.78 is 14.8. The molecule has 0 unspecified atom stereocenters. The van der Waals surface area contributed by atoms with Crippen molar-refractivity contribution in [1.82, 2.24) is 25.4 Å². The van der Waals surface area contributed by atoms with Crippen molar-refractivity contribution in [3.8, 4) is 16.4 Å². The van der Waals surface area contributed by atoms with E-state index < -0.39 is 5.91 Å². The Kier molecular flexibility index (Phi) is 6.49. The quantitative estimate of drug-likeness (QED) is 0.607. The number of carbonyl (C=O) groups excluding carboxylic acids is 2. The first-order valence-corrected chi connectivity index (χ1v) is 9.78. The highest BCUT2D eigenvalue weighted by atomic mass is 32.1. The lowest BCUT2D eigenvalue weighted by atomic mass is 10.3. The van der Waals surface area contributed by atoms with Gasteiger partial charge in [0.25, 0.3) is 5.91 Å². The molecular formula is C19H20FN5O2S. The van der Waals surface area contributed by atoms with Gasteiger partial charge in [-0.1, -0.05) is 13.0 Å². The minimum absolute atomic E-state index is 0.0123. The van der Waals surface area contributed by atoms with E-state index in [0.717, 1.165) is 11.3 Å². The zero-order chi connectivity index (χ0) is 19.9. The fourth-order valence-corrected chi connectivity index (χ4v) is 3.16. The number of hydrogen-bond donors (Lipinski definition) is 2. The van der Waals surface area contributed by atoms with Crippen LogP contribution >= 0.6 is 11.3 Å². The van der Waals surface area contributed by atoms with Crippen LogP contribution in [0.1, 0.15) is 30.4 Å². The Morgan fingerprint density at radius 3 is 2.61 bits per heavy atom. The van der Waals surface area contributed by atoms with Crippen molar-refractivity contribution in [3.05, 3.63) is 53.4 Å². The molecule has 0 aliphatic carbocycles. The van der Waals surface area contributed by atoms with E-state index in [4.69, 9.17) is 0 Å². The summed E-state index contributed by atoms with van der Waals surface area (Å²) in [4.78, 5) is 29.2. The van der Waals surface area contributed by atoms with E-state index in [1.165, 1.54) is 28.2 Å². The Bertz CT molecular complexity index is 938. The molecule has 3 rings (SSSR count). The monoisotopic (exact) mass is 401 g/mol. The molecule has 7 nitrogen and oxygen atoms in total. The van der Waals surface area contributed by atoms with E-state index in [1.54, 1.807) is 12.1 Å². The second kappa shape index (κ2) is 9.23. The number of hydrogen-bond acceptors (Lipinski definition) is 5. The van der Waals surface area contributed by atoms with Gasteiger partial charge in [-0.25, -0.2) is 14.1 Å². The van der Waals surface area contributed by atoms with Crippen molar-refractivity contribution in [3.63, 3.8) is 0 Å². The van der Waals surface area contributed by atoms with Crippen LogP contribution in [0.2, 0.25) is 0 Å². The van der Waals surface area contributed by atoms with Crippen molar-refractivity contribution in [2.45, 2.75) is 19.8 Å². The Morgan fingerprint density at radius 2 is 1.93 bits per heavy atom. The van der Waals surface area contributed by atoms with Gasteiger partial charge in [0.2, 0.25) is 11.7 Å². The molecule has 0 radical (unpaired) electrons. The molecule has 0 aliphatic heterocycles. The van der Waals surface area contributed by atoms with Crippen molar-refractivity contribution in [1.29, 1.82) is 0 Å². The van der Waals surface area contributed by atoms with Gasteiger partial charge in [0.05, 0.1) is 10.6 Å². The van der Waals surface area contributed by atoms with Crippen molar-refractivity contribution < 1.29 is 14.0 Å². The smallest absolute Gasteiger partial charge is 0.291 e. The zero-order valence-electron chi connectivity index (χ0n) is 15.3. The molecule has 2 N–H and O–H groups in total. The van der Waals surface area contributed by atoms with Crippen LogP contribution in [0, 0.1) is 5.82 Å². The van der Waals surface area contributed by atoms with Crippen LogP contribution in [-0.2, 0) is 4.79 Å². The van der Waals surface area contributed by atoms with Crippen LogP contribution in [0.5, 0.6) is 0 Å². The molecular weight excluding hydrogens is 381 g/mol. The summed E-state index contributed by atoms with van der Waals surface area (Å²) in [5, 5.41) is 11.6. The number of nitrogens with zero attached hydrogens (tertiary/aromatic N) is 3. The van der Waals surface area contributed by atoms with Gasteiger partial charge in [-0.05, 0) is 42.1 Å². The number of nitrogens with one attached hydrogen (secondary N) is 2. The molecule has 28 heavy (non-hydrogen) atoms. The summed E-state index contributed by atoms with van der Waals surface area (Å²) >= 11 is 1.46. The molecule has 9 heteroatoms. The molecule has 0 spiro atoms. The molecule has 0 bridgehead atoms. The van der Waals surface area contributed by atoms with Crippen molar-refractivity contribution in [2.24, 2.45) is 0 Å². The van der Waals surface area contributed by atoms with E-state index >= 15 is 0 Å². The van der Waals surface area contributed by atoms with Crippen LogP contribution in [0.25, 0.3) is 16.4 Å². The average Bonchev–Trinajstić information content (AvgIpc) is 3.36. The standard InChI is InChI=1S/C19H20FN5O2S/c1-2-10-21-16(26)9-11-22-19(27)17-23-18(15-4-3-12-28-15)25(24-17)14-7-5-13(20)6-8-14/h3-8,12H,2,9-11H2,1H3,(H,21,26)(H,22,27). The first kappa shape index (κ1) is 19.7. The normalized spacial score (nSPS) is 10.6. The number of rotatable bonds is 8. The third-order valence-electron chi connectivity index (χ3n) is 3.83. The lowest BCUT2D eigenvalue weighted by molar-refractivity contribution is -0.120. The number of amides is 2. The lowest BCUT2D eigenvalue weighted by Gasteiger charge is -2.04. The predicted octanol–water partition coefficient (Wildman–Crippen LogP) is 2.78. The third kappa shape index (κ3) is 4.80. The minimum atomic E-state index is -0.470. The Hall–Kier alpha value is -3.07. The van der Waals surface area contributed by atoms with Crippen LogP contribution in [0.4, 0.5) is 4.39 Å². The van der Waals surface area contributed by atoms with Gasteiger partial charge in [-0.2, -0.15) is 0 Å². The maximum Gasteiger partial charge on any atom is 0.291 e. The summed E-state index contributed by atoms with van der Waals surface area (Å²) in [6, 6.07) is 9.53. The maximum atomic E-state index is 13.3. The topological polar surface area (TPSA) is 88.9 Å². The Balaban J connectivity index is 1.76. The van der Waals surface area contributed by atoms with E-state index in [-0.39, 0.29) is 30.5 Å². The van der Waals surface area contributed by atoms with E-state index in [0.29, 0.717) is 18.1 Å². The lowest BCUT2D eigenvalue weighted by Crippen LogP contribution is -2.31. The van der Waals surface area contributed by atoms with Gasteiger partial charge in [-0.15, -0.1) is 16.4 Å². The molecule has 0 saturated heterocycles. The fraction of sp³-hybridized carbons (Fsp3) is 0.263. The molecule has 0 saturated carbocycles. The first-order chi connectivity index (χ1) is 13.6. The van der Waals surface area contributed by atoms with Crippen molar-refractivity contribution >= 4 is 23.2 Å². The first-order valence-electron chi connectivity index (χ1n) is 8.90. The van der Waals surface area contributed by atoms with Crippen molar-refractivity contribution in [2.75, 3.05) is 13.1 Å². The molecule has 2 amide bonds. The van der Waals surface area contributed by atoms with Crippen LogP contribution in [0.15, 0.2) is 41.8 Å². The number of aromatic nitrogens is 3. The van der Waals surface area contributed by atoms with Gasteiger partial charge in [0, 0.05) is 19.5 Å². The van der Waals surface area contributed by atoms with Crippen LogP contribution in [-0.4, -0.2) is 39.7 Å². The second-order valence-corrected chi connectivity index (χ2v) is 6.93. The molecule has 3 aromatic rings. The maximum absolute atomic E-state index is 13.3. The summed E-state index contributed by atoms with van der Waals surface area (Å²) in [5.41, 5.74) is 0.593. The highest BCUT2D eigenvalue weighted by Crippen LogP contribution is 2.25. The molecule has 0 aliphatic rings. The second-order valence-electron chi connectivity index (χ2n) is 5.98. The van der Waals surface area contributed by atoms with Crippen LogP contribution in [0.3, 0.4) is 0 Å². The number of benzene rings is 1. The fourth-order valence-electron chi connectivity index (χ4n) is 2.46. The average molecular weight is 401 g/mol. The largest absolute Gasteiger partial charge is 0.356 e. The summed E-state index contributed by atoms with van der Waals surface area (Å²) in [6.07, 6.45) is 1.04. The van der Waals surface area contributed by atoms with Gasteiger partial charge in [0.1, 0.15) is 5.82 Å². The minimum Gasteiger partial charge on any atom is -0.356 e. The zero-order valence-corrected chi connectivity index (χ0v) is 16.1. The number of halogens is 1. The van der Waals surface area contributed by atoms with E-state index in [1.807, 2.05) is 24.4 Å². The van der Waals surface area contributed by atoms with E-state index in [9.17, 15) is 14.0 Å². The molecule has 2 aromatic heterocycles. The Labute approximate surface area is 165 Å². The number of thiophene rings is 1. The highest BCUT2D eigenvalue weighted by Gasteiger charge is 2.19. The number of carbonyl (C=O) groups is 2. The molecule has 1 aromatic carbocycles. The molecule has 0 atom stereocenters. The summed E-state index contributed by atoms with van der Waals surface area (Å²) in [5.74, 6) is -0.469. The summed E-state index contributed by atoms with van der Waals surface area (Å²) in [7, 11) is 0. The Morgan fingerprint density at radius 1 is 1.14 bits per heavy atom. The SMILES string of the molecule is CCCNC(=O)CCNC(=O)c1nc(-c2cccs2)n(-c2ccc(F)cc2)n1. The predicted molar refractivity (Wildman–Crippen MR) is 105 cm³/mol. The van der Waals surface area contributed by atoms with Gasteiger partial charge < -0.3 is 10.6 Å². The highest BCUT2D eigenvalue weighted by molar-refractivity contribution is 7.13. The molecule has 146 valence electrons. The summed E-state index contributed by atoms with van der Waals surface area (Å²) in [6.45, 7) is 2.77. The van der Waals surface area contributed by atoms with Crippen LogP contribution < -0.4 is 10.6 Å². The molecule has 0 fully saturated rings.